The number of hydrogen-bond acceptors (Lipinski definition) is 4. The zero-order valence-corrected chi connectivity index (χ0v) is 17.7. The van der Waals surface area contributed by atoms with Crippen molar-refractivity contribution in [3.63, 3.8) is 0 Å². The maximum Gasteiger partial charge on any atom is 0.252 e. The summed E-state index contributed by atoms with van der Waals surface area (Å²) in [6.45, 7) is 8.16. The molecule has 4 rings (SSSR count). The van der Waals surface area contributed by atoms with Crippen molar-refractivity contribution >= 4 is 5.91 Å². The number of fused-ring (bicyclic) bond motifs is 1. The van der Waals surface area contributed by atoms with E-state index in [-0.39, 0.29) is 11.9 Å². The predicted octanol–water partition coefficient (Wildman–Crippen LogP) is 3.52. The lowest BCUT2D eigenvalue weighted by Crippen LogP contribution is -2.33. The van der Waals surface area contributed by atoms with Gasteiger partial charge in [0.15, 0.2) is 5.82 Å². The number of nitrogens with one attached hydrogen (secondary N) is 1. The fourth-order valence-corrected chi connectivity index (χ4v) is 4.79. The second kappa shape index (κ2) is 9.08. The van der Waals surface area contributed by atoms with Crippen LogP contribution in [0.1, 0.15) is 72.6 Å². The fourth-order valence-electron chi connectivity index (χ4n) is 4.79. The standard InChI is InChI=1S/C23H33N5O/c1-17-8-6-7-11-20(17)23(29)24-18(2)22-26-25-21-12-13-27(14-15-28(21)22)16-19-9-4-3-5-10-19/h6-8,11,18-19H,3-5,9-10,12-16H2,1-2H3,(H,24,29)/t18-/m0/s1. The third kappa shape index (κ3) is 4.69. The number of amides is 1. The zero-order chi connectivity index (χ0) is 20.2. The normalized spacial score (nSPS) is 19.4. The zero-order valence-electron chi connectivity index (χ0n) is 17.7. The number of carbonyl (C=O) groups is 1. The monoisotopic (exact) mass is 395 g/mol. The lowest BCUT2D eigenvalue weighted by molar-refractivity contribution is 0.0936. The molecule has 0 bridgehead atoms. The molecule has 2 aliphatic rings. The summed E-state index contributed by atoms with van der Waals surface area (Å²) in [7, 11) is 0. The van der Waals surface area contributed by atoms with E-state index in [0.29, 0.717) is 5.56 Å². The Kier molecular flexibility index (Phi) is 6.28. The number of benzene rings is 1. The molecule has 1 aliphatic heterocycles. The Morgan fingerprint density at radius 2 is 1.93 bits per heavy atom. The first kappa shape index (κ1) is 20.1. The summed E-state index contributed by atoms with van der Waals surface area (Å²) in [6.07, 6.45) is 7.90. The maximum absolute atomic E-state index is 12.7. The first-order valence-electron chi connectivity index (χ1n) is 11.1. The van der Waals surface area contributed by atoms with Crippen LogP contribution in [-0.4, -0.2) is 45.2 Å². The van der Waals surface area contributed by atoms with Gasteiger partial charge in [0.1, 0.15) is 5.82 Å². The molecule has 0 saturated heterocycles. The van der Waals surface area contributed by atoms with Crippen molar-refractivity contribution in [2.75, 3.05) is 19.6 Å². The minimum Gasteiger partial charge on any atom is -0.342 e. The highest BCUT2D eigenvalue weighted by molar-refractivity contribution is 5.95. The van der Waals surface area contributed by atoms with Crippen molar-refractivity contribution in [1.29, 1.82) is 0 Å². The predicted molar refractivity (Wildman–Crippen MR) is 114 cm³/mol. The smallest absolute Gasteiger partial charge is 0.252 e. The molecular weight excluding hydrogens is 362 g/mol. The van der Waals surface area contributed by atoms with Crippen molar-refractivity contribution in [2.24, 2.45) is 5.92 Å². The number of nitrogens with zero attached hydrogens (tertiary/aromatic N) is 4. The molecule has 29 heavy (non-hydrogen) atoms. The van der Waals surface area contributed by atoms with Crippen LogP contribution in [0.5, 0.6) is 0 Å². The molecule has 2 heterocycles. The van der Waals surface area contributed by atoms with E-state index in [1.54, 1.807) is 0 Å². The molecule has 0 unspecified atom stereocenters. The molecule has 1 aliphatic carbocycles. The SMILES string of the molecule is Cc1ccccc1C(=O)N[C@@H](C)c1nnc2n1CCN(CC1CCCCC1)CC2. The number of aromatic nitrogens is 3. The molecule has 1 atom stereocenters. The Bertz CT molecular complexity index is 840. The average Bonchev–Trinajstić information content (AvgIpc) is 3.04. The maximum atomic E-state index is 12.7. The van der Waals surface area contributed by atoms with Gasteiger partial charge in [-0.3, -0.25) is 4.79 Å². The van der Waals surface area contributed by atoms with Gasteiger partial charge < -0.3 is 14.8 Å². The van der Waals surface area contributed by atoms with Crippen molar-refractivity contribution in [3.8, 4) is 0 Å². The van der Waals surface area contributed by atoms with Gasteiger partial charge >= 0.3 is 0 Å². The Balaban J connectivity index is 1.39. The van der Waals surface area contributed by atoms with E-state index < -0.39 is 0 Å². The highest BCUT2D eigenvalue weighted by Crippen LogP contribution is 2.25. The highest BCUT2D eigenvalue weighted by Gasteiger charge is 2.25. The molecule has 6 heteroatoms. The molecule has 2 aromatic rings. The average molecular weight is 396 g/mol. The molecule has 156 valence electrons. The summed E-state index contributed by atoms with van der Waals surface area (Å²) in [6, 6.07) is 7.51. The highest BCUT2D eigenvalue weighted by atomic mass is 16.1. The van der Waals surface area contributed by atoms with Gasteiger partial charge in [-0.25, -0.2) is 0 Å². The molecule has 1 aromatic carbocycles. The molecule has 6 nitrogen and oxygen atoms in total. The van der Waals surface area contributed by atoms with Gasteiger partial charge in [0.05, 0.1) is 6.04 Å². The summed E-state index contributed by atoms with van der Waals surface area (Å²) in [5.74, 6) is 2.71. The van der Waals surface area contributed by atoms with Gasteiger partial charge in [-0.05, 0) is 44.2 Å². The summed E-state index contributed by atoms with van der Waals surface area (Å²) >= 11 is 0. The van der Waals surface area contributed by atoms with Crippen LogP contribution in [0.4, 0.5) is 0 Å². The lowest BCUT2D eigenvalue weighted by Gasteiger charge is -2.28. The number of rotatable bonds is 5. The van der Waals surface area contributed by atoms with Gasteiger partial charge in [-0.1, -0.05) is 37.5 Å². The third-order valence-corrected chi connectivity index (χ3v) is 6.51. The van der Waals surface area contributed by atoms with Crippen molar-refractivity contribution in [1.82, 2.24) is 25.0 Å². The Hall–Kier alpha value is -2.21. The van der Waals surface area contributed by atoms with E-state index in [4.69, 9.17) is 0 Å². The van der Waals surface area contributed by atoms with Crippen LogP contribution in [0.15, 0.2) is 24.3 Å². The van der Waals surface area contributed by atoms with Crippen molar-refractivity contribution in [3.05, 3.63) is 47.0 Å². The number of aryl methyl sites for hydroxylation is 1. The van der Waals surface area contributed by atoms with E-state index in [1.165, 1.54) is 38.6 Å². The molecule has 1 saturated carbocycles. The van der Waals surface area contributed by atoms with Crippen LogP contribution < -0.4 is 5.32 Å². The van der Waals surface area contributed by atoms with Gasteiger partial charge in [0.2, 0.25) is 0 Å². The second-order valence-corrected chi connectivity index (χ2v) is 8.69. The molecular formula is C23H33N5O. The Labute approximate surface area is 173 Å². The lowest BCUT2D eigenvalue weighted by atomic mass is 9.89. The summed E-state index contributed by atoms with van der Waals surface area (Å²) in [5, 5.41) is 12.0. The molecule has 1 fully saturated rings. The fraction of sp³-hybridized carbons (Fsp3) is 0.609. The van der Waals surface area contributed by atoms with E-state index in [0.717, 1.165) is 49.2 Å². The van der Waals surface area contributed by atoms with Crippen molar-refractivity contribution < 1.29 is 4.79 Å². The van der Waals surface area contributed by atoms with Crippen LogP contribution in [0, 0.1) is 12.8 Å². The first-order chi connectivity index (χ1) is 14.1. The van der Waals surface area contributed by atoms with E-state index in [1.807, 2.05) is 38.1 Å². The summed E-state index contributed by atoms with van der Waals surface area (Å²) < 4.78 is 2.23. The van der Waals surface area contributed by atoms with E-state index >= 15 is 0 Å². The van der Waals surface area contributed by atoms with E-state index in [2.05, 4.69) is 25.0 Å². The van der Waals surface area contributed by atoms with Gasteiger partial charge in [-0.2, -0.15) is 0 Å². The third-order valence-electron chi connectivity index (χ3n) is 6.51. The van der Waals surface area contributed by atoms with Gasteiger partial charge in [-0.15, -0.1) is 10.2 Å². The first-order valence-corrected chi connectivity index (χ1v) is 11.1. The van der Waals surface area contributed by atoms with E-state index in [9.17, 15) is 4.79 Å². The van der Waals surface area contributed by atoms with Crippen LogP contribution in [-0.2, 0) is 13.0 Å². The molecule has 1 N–H and O–H groups in total. The summed E-state index contributed by atoms with van der Waals surface area (Å²) in [4.78, 5) is 15.3. The Morgan fingerprint density at radius 1 is 1.14 bits per heavy atom. The topological polar surface area (TPSA) is 63.1 Å². The number of hydrogen-bond donors (Lipinski definition) is 1. The summed E-state index contributed by atoms with van der Waals surface area (Å²) in [5.41, 5.74) is 1.70. The number of carbonyl (C=O) groups excluding carboxylic acids is 1. The Morgan fingerprint density at radius 3 is 2.72 bits per heavy atom. The van der Waals surface area contributed by atoms with Crippen LogP contribution in [0.25, 0.3) is 0 Å². The second-order valence-electron chi connectivity index (χ2n) is 8.69. The minimum absolute atomic E-state index is 0.0551. The van der Waals surface area contributed by atoms with Crippen LogP contribution in [0.2, 0.25) is 0 Å². The molecule has 0 radical (unpaired) electrons. The molecule has 1 amide bonds. The largest absolute Gasteiger partial charge is 0.342 e. The van der Waals surface area contributed by atoms with Crippen LogP contribution >= 0.6 is 0 Å². The van der Waals surface area contributed by atoms with Crippen LogP contribution in [0.3, 0.4) is 0 Å². The minimum atomic E-state index is -0.173. The molecule has 1 aromatic heterocycles. The van der Waals surface area contributed by atoms with Gasteiger partial charge in [0, 0.05) is 38.2 Å². The quantitative estimate of drug-likeness (QED) is 0.841. The molecule has 0 spiro atoms. The van der Waals surface area contributed by atoms with Crippen molar-refractivity contribution in [2.45, 2.75) is 65.0 Å². The van der Waals surface area contributed by atoms with Gasteiger partial charge in [0.25, 0.3) is 5.91 Å².